The Bertz CT molecular complexity index is 836. The monoisotopic (exact) mass is 343 g/mol. The van der Waals surface area contributed by atoms with Gasteiger partial charge in [0.1, 0.15) is 12.0 Å². The summed E-state index contributed by atoms with van der Waals surface area (Å²) >= 11 is 0. The lowest BCUT2D eigenvalue weighted by Crippen LogP contribution is -3.00. The molecule has 0 amide bonds. The highest BCUT2D eigenvalue weighted by Crippen LogP contribution is 2.20. The number of nitrogens with zero attached hydrogens (tertiary/aromatic N) is 3. The van der Waals surface area contributed by atoms with E-state index in [2.05, 4.69) is 51.6 Å². The van der Waals surface area contributed by atoms with Crippen molar-refractivity contribution in [2.45, 2.75) is 6.42 Å². The van der Waals surface area contributed by atoms with E-state index in [1.54, 1.807) is 0 Å². The van der Waals surface area contributed by atoms with Crippen molar-refractivity contribution in [3.05, 3.63) is 60.4 Å². The fraction of sp³-hybridized carbons (Fsp3) is 0.222. The molecule has 0 unspecified atom stereocenters. The van der Waals surface area contributed by atoms with Gasteiger partial charge >= 0.3 is 0 Å². The minimum atomic E-state index is 0. The van der Waals surface area contributed by atoms with Crippen LogP contribution in [0.1, 0.15) is 12.0 Å². The molecule has 3 aromatic rings. The number of aliphatic imine (C=N–C) groups is 1. The Hall–Kier alpha value is -2.37. The molecule has 24 heavy (non-hydrogen) atoms. The lowest BCUT2D eigenvalue weighted by Gasteiger charge is -2.03. The van der Waals surface area contributed by atoms with E-state index in [0.29, 0.717) is 18.9 Å². The molecule has 2 heterocycles. The number of pyridine rings is 1. The molecule has 5 nitrogen and oxygen atoms in total. The van der Waals surface area contributed by atoms with Gasteiger partial charge in [-0.3, -0.25) is 4.99 Å². The summed E-state index contributed by atoms with van der Waals surface area (Å²) in [6.07, 6.45) is 5.03. The van der Waals surface area contributed by atoms with Gasteiger partial charge in [0, 0.05) is 23.7 Å². The molecule has 0 spiro atoms. The number of amidine groups is 1. The molecule has 0 radical (unpaired) electrons. The van der Waals surface area contributed by atoms with Crippen LogP contribution >= 0.6 is 0 Å². The van der Waals surface area contributed by atoms with Gasteiger partial charge in [-0.2, -0.15) is 0 Å². The number of halogens is 1. The first kappa shape index (κ1) is 18.0. The first-order valence-electron chi connectivity index (χ1n) is 7.77. The van der Waals surface area contributed by atoms with Gasteiger partial charge in [-0.05, 0) is 31.2 Å². The Morgan fingerprint density at radius 3 is 2.58 bits per heavy atom. The average Bonchev–Trinajstić information content (AvgIpc) is 2.92. The molecular weight excluding hydrogens is 322 g/mol. The number of aromatic nitrogens is 2. The maximum Gasteiger partial charge on any atom is 0.286 e. The number of fused-ring (bicyclic) bond motifs is 1. The average molecular weight is 344 g/mol. The maximum atomic E-state index is 6.02. The fourth-order valence-electron chi connectivity index (χ4n) is 2.64. The minimum absolute atomic E-state index is 0. The molecule has 0 aliphatic heterocycles. The second kappa shape index (κ2) is 7.95. The molecule has 0 saturated carbocycles. The van der Waals surface area contributed by atoms with Crippen molar-refractivity contribution < 1.29 is 16.8 Å². The smallest absolute Gasteiger partial charge is 0.286 e. The molecular formula is C18H22ClN5. The molecule has 0 aliphatic rings. The van der Waals surface area contributed by atoms with Crippen LogP contribution in [0.15, 0.2) is 59.9 Å². The molecule has 2 aromatic heterocycles. The summed E-state index contributed by atoms with van der Waals surface area (Å²) in [5.74, 6) is 0.566. The highest BCUT2D eigenvalue weighted by atomic mass is 35.5. The molecule has 0 aliphatic carbocycles. The molecule has 1 aromatic carbocycles. The summed E-state index contributed by atoms with van der Waals surface area (Å²) in [4.78, 5) is 4.34. The summed E-state index contributed by atoms with van der Waals surface area (Å²) in [6.45, 7) is 1.30. The zero-order valence-corrected chi connectivity index (χ0v) is 14.4. The van der Waals surface area contributed by atoms with E-state index in [1.807, 2.05) is 24.3 Å². The van der Waals surface area contributed by atoms with E-state index >= 15 is 0 Å². The van der Waals surface area contributed by atoms with Gasteiger partial charge < -0.3 is 23.9 Å². The number of hydrogen-bond donors (Lipinski definition) is 2. The van der Waals surface area contributed by atoms with E-state index in [4.69, 9.17) is 11.5 Å². The number of nitrogens with two attached hydrogens (primary N) is 2. The fourth-order valence-corrected chi connectivity index (χ4v) is 2.64. The predicted molar refractivity (Wildman–Crippen MR) is 93.3 cm³/mol. The van der Waals surface area contributed by atoms with Gasteiger partial charge in [-0.15, -0.1) is 0 Å². The van der Waals surface area contributed by atoms with Crippen molar-refractivity contribution >= 4 is 11.5 Å². The zero-order chi connectivity index (χ0) is 16.2. The first-order chi connectivity index (χ1) is 11.2. The molecule has 3 rings (SSSR count). The van der Waals surface area contributed by atoms with Gasteiger partial charge in [0.25, 0.3) is 5.65 Å². The second-order valence-corrected chi connectivity index (χ2v) is 5.53. The van der Waals surface area contributed by atoms with E-state index in [9.17, 15) is 0 Å². The van der Waals surface area contributed by atoms with Crippen molar-refractivity contribution in [1.82, 2.24) is 4.57 Å². The van der Waals surface area contributed by atoms with E-state index < -0.39 is 0 Å². The van der Waals surface area contributed by atoms with Crippen molar-refractivity contribution in [1.29, 1.82) is 0 Å². The predicted octanol–water partition coefficient (Wildman–Crippen LogP) is -1.51. The third-order valence-corrected chi connectivity index (χ3v) is 3.95. The molecule has 0 fully saturated rings. The molecule has 4 N–H and O–H groups in total. The number of benzene rings is 1. The van der Waals surface area contributed by atoms with Crippen LogP contribution in [0.4, 0.5) is 0 Å². The van der Waals surface area contributed by atoms with Crippen LogP contribution in [0, 0.1) is 0 Å². The highest BCUT2D eigenvalue weighted by Gasteiger charge is 2.15. The van der Waals surface area contributed by atoms with Gasteiger partial charge in [-0.25, -0.2) is 8.97 Å². The number of aryl methyl sites for hydroxylation is 1. The summed E-state index contributed by atoms with van der Waals surface area (Å²) in [5, 5.41) is 0. The van der Waals surface area contributed by atoms with Gasteiger partial charge in [0.15, 0.2) is 5.69 Å². The zero-order valence-electron chi connectivity index (χ0n) is 13.7. The van der Waals surface area contributed by atoms with Crippen LogP contribution in [0.5, 0.6) is 0 Å². The van der Waals surface area contributed by atoms with Gasteiger partial charge in [-0.1, -0.05) is 18.2 Å². The highest BCUT2D eigenvalue weighted by molar-refractivity contribution is 5.97. The van der Waals surface area contributed by atoms with Crippen molar-refractivity contribution in [3.8, 4) is 11.3 Å². The lowest BCUT2D eigenvalue weighted by atomic mass is 10.1. The van der Waals surface area contributed by atoms with E-state index in [-0.39, 0.29) is 12.4 Å². The molecule has 6 heteroatoms. The molecule has 0 atom stereocenters. The summed E-state index contributed by atoms with van der Waals surface area (Å²) in [6, 6.07) is 14.3. The lowest BCUT2D eigenvalue weighted by molar-refractivity contribution is -0.510. The number of imidazole rings is 1. The summed E-state index contributed by atoms with van der Waals surface area (Å²) < 4.78 is 4.29. The maximum absolute atomic E-state index is 6.02. The number of rotatable bonds is 5. The van der Waals surface area contributed by atoms with Crippen LogP contribution in [0.3, 0.4) is 0 Å². The van der Waals surface area contributed by atoms with Crippen molar-refractivity contribution in [2.75, 3.05) is 13.1 Å². The normalized spacial score (nSPS) is 11.5. The van der Waals surface area contributed by atoms with Crippen molar-refractivity contribution in [3.63, 3.8) is 0 Å². The van der Waals surface area contributed by atoms with Gasteiger partial charge in [0.2, 0.25) is 0 Å². The number of hydrogen-bond acceptors (Lipinski definition) is 2. The Balaban J connectivity index is 0.00000208. The van der Waals surface area contributed by atoms with Gasteiger partial charge in [0.05, 0.1) is 13.2 Å². The molecule has 0 saturated heterocycles. The Labute approximate surface area is 148 Å². The van der Waals surface area contributed by atoms with E-state index in [1.165, 1.54) is 0 Å². The quantitative estimate of drug-likeness (QED) is 0.256. The third-order valence-electron chi connectivity index (χ3n) is 3.95. The SMILES string of the molecule is Cn1c(-c2ccc(C(N)=NCCCN)cc2)c[n+]2ccccc12.[Cl-]. The van der Waals surface area contributed by atoms with Crippen LogP contribution in [0.2, 0.25) is 0 Å². The Morgan fingerprint density at radius 1 is 1.17 bits per heavy atom. The largest absolute Gasteiger partial charge is 1.00 e. The van der Waals surface area contributed by atoms with Crippen LogP contribution in [-0.4, -0.2) is 23.5 Å². The minimum Gasteiger partial charge on any atom is -1.00 e. The van der Waals surface area contributed by atoms with Crippen LogP contribution < -0.4 is 28.3 Å². The Morgan fingerprint density at radius 2 is 1.92 bits per heavy atom. The molecule has 0 bridgehead atoms. The molecule has 126 valence electrons. The van der Waals surface area contributed by atoms with E-state index in [0.717, 1.165) is 28.9 Å². The van der Waals surface area contributed by atoms with Crippen LogP contribution in [-0.2, 0) is 7.05 Å². The topological polar surface area (TPSA) is 73.4 Å². The Kier molecular flexibility index (Phi) is 5.95. The van der Waals surface area contributed by atoms with Crippen LogP contribution in [0.25, 0.3) is 16.9 Å². The second-order valence-electron chi connectivity index (χ2n) is 5.53. The third kappa shape index (κ3) is 3.58. The standard InChI is InChI=1S/C18H22N5.ClH/c1-22-16(13-23-12-3-2-5-17(22)23)14-6-8-15(9-7-14)18(20)21-11-4-10-19;/h2-3,5-9,12-13H,4,10-11,19H2,1H3,(H2,20,21);1H/q+1;/p-1. The summed E-state index contributed by atoms with van der Waals surface area (Å²) in [5.41, 5.74) is 15.9. The first-order valence-corrected chi connectivity index (χ1v) is 7.77. The van der Waals surface area contributed by atoms with Crippen molar-refractivity contribution in [2.24, 2.45) is 23.5 Å². The summed E-state index contributed by atoms with van der Waals surface area (Å²) in [7, 11) is 2.07.